The van der Waals surface area contributed by atoms with E-state index in [4.69, 9.17) is 23.8 Å². The largest absolute Gasteiger partial charge is 0.344 e. The molecule has 0 saturated carbocycles. The van der Waals surface area contributed by atoms with Crippen molar-refractivity contribution in [3.05, 3.63) is 34.1 Å². The van der Waals surface area contributed by atoms with Crippen molar-refractivity contribution >= 4 is 34.9 Å². The average molecular weight is 197 g/mol. The molecule has 0 atom stereocenters. The third-order valence-electron chi connectivity index (χ3n) is 1.54. The molecule has 60 valence electrons. The van der Waals surface area contributed by atoms with Crippen molar-refractivity contribution in [2.45, 2.75) is 0 Å². The van der Waals surface area contributed by atoms with Crippen LogP contribution < -0.4 is 0 Å². The Bertz CT molecular complexity index is 478. The average Bonchev–Trinajstić information content (AvgIpc) is 2.05. The van der Waals surface area contributed by atoms with Gasteiger partial charge in [-0.15, -0.1) is 0 Å². The molecule has 0 radical (unpaired) electrons. The monoisotopic (exact) mass is 196 g/mol. The lowest BCUT2D eigenvalue weighted by Crippen LogP contribution is -1.82. The Morgan fingerprint density at radius 2 is 2.25 bits per heavy atom. The highest BCUT2D eigenvalue weighted by Gasteiger charge is 1.94. The number of nitrogens with one attached hydrogen (secondary N) is 1. The summed E-state index contributed by atoms with van der Waals surface area (Å²) in [6, 6.07) is 5.46. The van der Waals surface area contributed by atoms with Gasteiger partial charge >= 0.3 is 0 Å². The summed E-state index contributed by atoms with van der Waals surface area (Å²) >= 11 is 10.7. The number of aromatic nitrogens is 2. The number of nitrogens with zero attached hydrogens (tertiary/aromatic N) is 1. The van der Waals surface area contributed by atoms with Crippen molar-refractivity contribution in [3.8, 4) is 0 Å². The lowest BCUT2D eigenvalue weighted by molar-refractivity contribution is 1.27. The second kappa shape index (κ2) is 2.84. The van der Waals surface area contributed by atoms with Crippen molar-refractivity contribution < 1.29 is 0 Å². The lowest BCUT2D eigenvalue weighted by atomic mass is 10.3. The fourth-order valence-corrected chi connectivity index (χ4v) is 1.34. The summed E-state index contributed by atoms with van der Waals surface area (Å²) in [6.07, 6.45) is 1.61. The number of hydrogen-bond donors (Lipinski definition) is 1. The van der Waals surface area contributed by atoms with Crippen LogP contribution in [0.5, 0.6) is 0 Å². The van der Waals surface area contributed by atoms with Crippen LogP contribution in [0.1, 0.15) is 0 Å². The number of halogens is 1. The van der Waals surface area contributed by atoms with Crippen molar-refractivity contribution in [1.82, 2.24) is 9.97 Å². The zero-order valence-electron chi connectivity index (χ0n) is 6.04. The second-order valence-electron chi connectivity index (χ2n) is 2.41. The maximum atomic E-state index is 5.78. The maximum Gasteiger partial charge on any atom is 0.122 e. The first-order chi connectivity index (χ1) is 5.75. The SMILES string of the molecule is S=c1cnc2cc(Cl)ccc2[nH]1. The van der Waals surface area contributed by atoms with Gasteiger partial charge in [-0.1, -0.05) is 23.8 Å². The van der Waals surface area contributed by atoms with E-state index >= 15 is 0 Å². The molecule has 1 aromatic carbocycles. The van der Waals surface area contributed by atoms with E-state index < -0.39 is 0 Å². The fourth-order valence-electron chi connectivity index (χ4n) is 1.01. The van der Waals surface area contributed by atoms with Gasteiger partial charge in [0.05, 0.1) is 17.2 Å². The lowest BCUT2D eigenvalue weighted by Gasteiger charge is -1.96. The van der Waals surface area contributed by atoms with Gasteiger partial charge in [-0.2, -0.15) is 0 Å². The normalized spacial score (nSPS) is 10.4. The minimum absolute atomic E-state index is 0.629. The molecule has 0 unspecified atom stereocenters. The Morgan fingerprint density at radius 3 is 3.08 bits per heavy atom. The van der Waals surface area contributed by atoms with E-state index in [0.29, 0.717) is 9.66 Å². The van der Waals surface area contributed by atoms with Crippen LogP contribution in [0.4, 0.5) is 0 Å². The van der Waals surface area contributed by atoms with Gasteiger partial charge in [-0.05, 0) is 18.2 Å². The van der Waals surface area contributed by atoms with Gasteiger partial charge in [0.15, 0.2) is 0 Å². The molecule has 0 bridgehead atoms. The van der Waals surface area contributed by atoms with Crippen molar-refractivity contribution in [1.29, 1.82) is 0 Å². The first kappa shape index (κ1) is 7.71. The maximum absolute atomic E-state index is 5.78. The fraction of sp³-hybridized carbons (Fsp3) is 0. The molecule has 0 fully saturated rings. The third-order valence-corrected chi connectivity index (χ3v) is 1.98. The first-order valence-corrected chi connectivity index (χ1v) is 4.19. The van der Waals surface area contributed by atoms with Crippen LogP contribution in [0, 0.1) is 4.64 Å². The number of benzene rings is 1. The number of hydrogen-bond acceptors (Lipinski definition) is 2. The van der Waals surface area contributed by atoms with Gasteiger partial charge in [0.1, 0.15) is 4.64 Å². The van der Waals surface area contributed by atoms with E-state index in [0.717, 1.165) is 11.0 Å². The summed E-state index contributed by atoms with van der Waals surface area (Å²) in [5.74, 6) is 0. The first-order valence-electron chi connectivity index (χ1n) is 3.40. The van der Waals surface area contributed by atoms with Gasteiger partial charge in [-0.25, -0.2) is 0 Å². The molecule has 1 heterocycles. The molecule has 0 aliphatic rings. The Morgan fingerprint density at radius 1 is 1.42 bits per heavy atom. The van der Waals surface area contributed by atoms with Crippen molar-refractivity contribution in [2.75, 3.05) is 0 Å². The topological polar surface area (TPSA) is 28.7 Å². The quantitative estimate of drug-likeness (QED) is 0.657. The Kier molecular flexibility index (Phi) is 1.83. The van der Waals surface area contributed by atoms with Crippen LogP contribution in [0.15, 0.2) is 24.4 Å². The molecule has 1 aromatic heterocycles. The molecular weight excluding hydrogens is 192 g/mol. The van der Waals surface area contributed by atoms with Gasteiger partial charge in [0.2, 0.25) is 0 Å². The van der Waals surface area contributed by atoms with Crippen LogP contribution in [0.2, 0.25) is 5.02 Å². The minimum Gasteiger partial charge on any atom is -0.344 e. The highest BCUT2D eigenvalue weighted by atomic mass is 35.5. The highest BCUT2D eigenvalue weighted by molar-refractivity contribution is 7.71. The van der Waals surface area contributed by atoms with E-state index in [-0.39, 0.29) is 0 Å². The zero-order valence-corrected chi connectivity index (χ0v) is 7.62. The van der Waals surface area contributed by atoms with Crippen LogP contribution >= 0.6 is 23.8 Å². The number of fused-ring (bicyclic) bond motifs is 1. The Hall–Kier alpha value is -0.930. The minimum atomic E-state index is 0.629. The zero-order chi connectivity index (χ0) is 8.55. The molecule has 1 N–H and O–H groups in total. The number of rotatable bonds is 0. The Labute approximate surface area is 79.2 Å². The van der Waals surface area contributed by atoms with E-state index in [9.17, 15) is 0 Å². The second-order valence-corrected chi connectivity index (χ2v) is 3.29. The molecule has 0 saturated heterocycles. The summed E-state index contributed by atoms with van der Waals surface area (Å²) in [4.78, 5) is 7.13. The van der Waals surface area contributed by atoms with Gasteiger partial charge in [0, 0.05) is 5.02 Å². The molecule has 12 heavy (non-hydrogen) atoms. The standard InChI is InChI=1S/C8H5ClN2S/c9-5-1-2-6-7(3-5)10-4-8(12)11-6/h1-4H,(H,11,12). The molecule has 2 nitrogen and oxygen atoms in total. The summed E-state index contributed by atoms with van der Waals surface area (Å²) in [6.45, 7) is 0. The third kappa shape index (κ3) is 1.33. The van der Waals surface area contributed by atoms with Crippen molar-refractivity contribution in [2.24, 2.45) is 0 Å². The van der Waals surface area contributed by atoms with E-state index in [1.54, 1.807) is 18.3 Å². The molecule has 0 aliphatic heterocycles. The summed E-state index contributed by atoms with van der Waals surface area (Å²) < 4.78 is 0.629. The molecule has 2 rings (SSSR count). The Balaban J connectivity index is 2.87. The summed E-state index contributed by atoms with van der Waals surface area (Å²) in [7, 11) is 0. The van der Waals surface area contributed by atoms with Gasteiger partial charge < -0.3 is 4.98 Å². The predicted octanol–water partition coefficient (Wildman–Crippen LogP) is 2.95. The van der Waals surface area contributed by atoms with Gasteiger partial charge in [-0.3, -0.25) is 4.98 Å². The van der Waals surface area contributed by atoms with E-state index in [1.165, 1.54) is 0 Å². The summed E-state index contributed by atoms with van der Waals surface area (Å²) in [5.41, 5.74) is 1.74. The van der Waals surface area contributed by atoms with Crippen LogP contribution in [-0.2, 0) is 0 Å². The molecule has 0 aliphatic carbocycles. The van der Waals surface area contributed by atoms with Crippen LogP contribution in [0.3, 0.4) is 0 Å². The molecule has 0 spiro atoms. The van der Waals surface area contributed by atoms with Crippen LogP contribution in [-0.4, -0.2) is 9.97 Å². The van der Waals surface area contributed by atoms with Crippen LogP contribution in [0.25, 0.3) is 11.0 Å². The molecular formula is C8H5ClN2S. The van der Waals surface area contributed by atoms with Gasteiger partial charge in [0.25, 0.3) is 0 Å². The molecule has 4 heteroatoms. The molecule has 0 amide bonds. The summed E-state index contributed by atoms with van der Waals surface area (Å²) in [5, 5.41) is 0.681. The predicted molar refractivity (Wildman–Crippen MR) is 51.9 cm³/mol. The smallest absolute Gasteiger partial charge is 0.122 e. The number of aromatic amines is 1. The number of H-pyrrole nitrogens is 1. The molecule has 2 aromatic rings. The highest BCUT2D eigenvalue weighted by Crippen LogP contribution is 2.14. The van der Waals surface area contributed by atoms with Crippen molar-refractivity contribution in [3.63, 3.8) is 0 Å². The van der Waals surface area contributed by atoms with E-state index in [2.05, 4.69) is 9.97 Å². The van der Waals surface area contributed by atoms with E-state index in [1.807, 2.05) is 6.07 Å².